The summed E-state index contributed by atoms with van der Waals surface area (Å²) in [7, 11) is 0. The Morgan fingerprint density at radius 1 is 1.10 bits per heavy atom. The van der Waals surface area contributed by atoms with Crippen molar-refractivity contribution in [2.24, 2.45) is 0 Å². The van der Waals surface area contributed by atoms with E-state index in [9.17, 15) is 14.7 Å². The Morgan fingerprint density at radius 2 is 1.76 bits per heavy atom. The molecule has 1 aliphatic heterocycles. The van der Waals surface area contributed by atoms with Gasteiger partial charge in [0.15, 0.2) is 6.10 Å². The van der Waals surface area contributed by atoms with Crippen molar-refractivity contribution in [3.05, 3.63) is 60.2 Å². The van der Waals surface area contributed by atoms with E-state index in [1.165, 1.54) is 17.7 Å². The van der Waals surface area contributed by atoms with E-state index in [2.05, 4.69) is 5.32 Å². The van der Waals surface area contributed by atoms with E-state index in [-0.39, 0.29) is 23.6 Å². The van der Waals surface area contributed by atoms with Crippen LogP contribution in [0.3, 0.4) is 0 Å². The number of aryl methyl sites for hydroxylation is 1. The van der Waals surface area contributed by atoms with Gasteiger partial charge in [0.2, 0.25) is 5.91 Å². The zero-order chi connectivity index (χ0) is 20.6. The van der Waals surface area contributed by atoms with Gasteiger partial charge in [0, 0.05) is 25.6 Å². The maximum atomic E-state index is 12.4. The van der Waals surface area contributed by atoms with Crippen LogP contribution in [-0.4, -0.2) is 47.1 Å². The van der Waals surface area contributed by atoms with Crippen molar-refractivity contribution in [1.29, 1.82) is 0 Å². The van der Waals surface area contributed by atoms with Crippen LogP contribution in [0, 0.1) is 0 Å². The molecule has 0 spiro atoms. The molecule has 1 unspecified atom stereocenters. The van der Waals surface area contributed by atoms with Crippen molar-refractivity contribution in [2.75, 3.05) is 13.1 Å². The molecule has 1 aliphatic rings. The Morgan fingerprint density at radius 3 is 2.41 bits per heavy atom. The molecule has 1 heterocycles. The lowest BCUT2D eigenvalue weighted by Gasteiger charge is -2.33. The van der Waals surface area contributed by atoms with Crippen LogP contribution >= 0.6 is 0 Å². The van der Waals surface area contributed by atoms with Gasteiger partial charge in [-0.05, 0) is 56.0 Å². The Kier molecular flexibility index (Phi) is 7.11. The molecule has 2 amide bonds. The molecule has 2 aromatic rings. The van der Waals surface area contributed by atoms with Crippen molar-refractivity contribution in [2.45, 2.75) is 44.8 Å². The van der Waals surface area contributed by atoms with Crippen LogP contribution in [-0.2, 0) is 16.0 Å². The van der Waals surface area contributed by atoms with Gasteiger partial charge in [0.1, 0.15) is 11.5 Å². The average molecular weight is 396 g/mol. The van der Waals surface area contributed by atoms with Gasteiger partial charge in [-0.25, -0.2) is 0 Å². The number of carbonyl (C=O) groups excluding carboxylic acids is 2. The number of carbonyl (C=O) groups is 2. The molecule has 0 bridgehead atoms. The fourth-order valence-corrected chi connectivity index (χ4v) is 3.43. The van der Waals surface area contributed by atoms with Gasteiger partial charge in [-0.2, -0.15) is 0 Å². The maximum absolute atomic E-state index is 12.4. The maximum Gasteiger partial charge on any atom is 0.260 e. The number of ether oxygens (including phenoxy) is 1. The van der Waals surface area contributed by atoms with Crippen molar-refractivity contribution in [1.82, 2.24) is 10.2 Å². The average Bonchev–Trinajstić information content (AvgIpc) is 2.75. The quantitative estimate of drug-likeness (QED) is 0.754. The first-order chi connectivity index (χ1) is 14.0. The zero-order valence-electron chi connectivity index (χ0n) is 16.7. The minimum atomic E-state index is -0.634. The second-order valence-electron chi connectivity index (χ2n) is 7.40. The lowest BCUT2D eigenvalue weighted by molar-refractivity contribution is -0.132. The molecule has 2 N–H and O–H groups in total. The second kappa shape index (κ2) is 9.96. The molecule has 29 heavy (non-hydrogen) atoms. The van der Waals surface area contributed by atoms with Gasteiger partial charge in [0.05, 0.1) is 0 Å². The number of aromatic hydroxyl groups is 1. The van der Waals surface area contributed by atoms with Gasteiger partial charge in [-0.1, -0.05) is 30.3 Å². The van der Waals surface area contributed by atoms with Crippen molar-refractivity contribution >= 4 is 11.8 Å². The summed E-state index contributed by atoms with van der Waals surface area (Å²) in [5, 5.41) is 12.3. The molecule has 0 aromatic heterocycles. The van der Waals surface area contributed by atoms with Crippen LogP contribution in [0.15, 0.2) is 54.6 Å². The van der Waals surface area contributed by atoms with Crippen LogP contribution in [0.1, 0.15) is 31.7 Å². The summed E-state index contributed by atoms with van der Waals surface area (Å²) < 4.78 is 5.62. The Labute approximate surface area is 171 Å². The lowest BCUT2D eigenvalue weighted by Crippen LogP contribution is -2.49. The van der Waals surface area contributed by atoms with Gasteiger partial charge in [0.25, 0.3) is 5.91 Å². The second-order valence-corrected chi connectivity index (χ2v) is 7.40. The highest BCUT2D eigenvalue weighted by atomic mass is 16.5. The molecule has 2 aromatic carbocycles. The van der Waals surface area contributed by atoms with E-state index in [0.717, 1.165) is 19.3 Å². The summed E-state index contributed by atoms with van der Waals surface area (Å²) in [5.41, 5.74) is 1.17. The number of nitrogens with one attached hydrogen (secondary N) is 1. The monoisotopic (exact) mass is 396 g/mol. The van der Waals surface area contributed by atoms with Crippen LogP contribution in [0.2, 0.25) is 0 Å². The number of piperidine rings is 1. The fourth-order valence-electron chi connectivity index (χ4n) is 3.43. The predicted molar refractivity (Wildman–Crippen MR) is 111 cm³/mol. The molecule has 3 rings (SSSR count). The summed E-state index contributed by atoms with van der Waals surface area (Å²) >= 11 is 0. The van der Waals surface area contributed by atoms with Gasteiger partial charge >= 0.3 is 0 Å². The summed E-state index contributed by atoms with van der Waals surface area (Å²) in [6.07, 6.45) is 2.12. The number of amides is 2. The third-order valence-electron chi connectivity index (χ3n) is 5.18. The normalized spacial score (nSPS) is 15.6. The number of rotatable bonds is 7. The smallest absolute Gasteiger partial charge is 0.260 e. The molecule has 0 radical (unpaired) electrons. The van der Waals surface area contributed by atoms with E-state index in [4.69, 9.17) is 4.74 Å². The van der Waals surface area contributed by atoms with E-state index in [1.807, 2.05) is 35.2 Å². The number of phenolic OH excluding ortho intramolecular Hbond substituents is 1. The SMILES string of the molecule is CC(Oc1ccc(O)cc1)C(=O)NC1CCN(C(=O)CCc2ccccc2)CC1. The van der Waals surface area contributed by atoms with Crippen LogP contribution in [0.4, 0.5) is 0 Å². The Hall–Kier alpha value is -3.02. The molecule has 1 atom stereocenters. The highest BCUT2D eigenvalue weighted by molar-refractivity contribution is 5.81. The van der Waals surface area contributed by atoms with Gasteiger partial charge in [-0.3, -0.25) is 9.59 Å². The lowest BCUT2D eigenvalue weighted by atomic mass is 10.0. The summed E-state index contributed by atoms with van der Waals surface area (Å²) in [5.74, 6) is 0.679. The predicted octanol–water partition coefficient (Wildman–Crippen LogP) is 2.90. The van der Waals surface area contributed by atoms with Crippen LogP contribution < -0.4 is 10.1 Å². The number of benzene rings is 2. The Bertz CT molecular complexity index is 799. The van der Waals surface area contributed by atoms with E-state index < -0.39 is 6.10 Å². The number of nitrogens with zero attached hydrogens (tertiary/aromatic N) is 1. The minimum Gasteiger partial charge on any atom is -0.508 e. The number of phenols is 1. The minimum absolute atomic E-state index is 0.0477. The van der Waals surface area contributed by atoms with Crippen molar-refractivity contribution in [3.63, 3.8) is 0 Å². The zero-order valence-corrected chi connectivity index (χ0v) is 16.7. The summed E-state index contributed by atoms with van der Waals surface area (Å²) in [4.78, 5) is 26.7. The number of hydrogen-bond acceptors (Lipinski definition) is 4. The number of likely N-dealkylation sites (tertiary alicyclic amines) is 1. The highest BCUT2D eigenvalue weighted by Crippen LogP contribution is 2.18. The molecule has 1 fully saturated rings. The molecule has 0 saturated carbocycles. The summed E-state index contributed by atoms with van der Waals surface area (Å²) in [6.45, 7) is 3.02. The number of hydrogen-bond donors (Lipinski definition) is 2. The van der Waals surface area contributed by atoms with Gasteiger partial charge in [-0.15, -0.1) is 0 Å². The topological polar surface area (TPSA) is 78.9 Å². The van der Waals surface area contributed by atoms with E-state index in [0.29, 0.717) is 25.3 Å². The van der Waals surface area contributed by atoms with Crippen molar-refractivity contribution < 1.29 is 19.4 Å². The van der Waals surface area contributed by atoms with E-state index >= 15 is 0 Å². The third kappa shape index (κ3) is 6.24. The molecule has 0 aliphatic carbocycles. The molecular weight excluding hydrogens is 368 g/mol. The van der Waals surface area contributed by atoms with E-state index in [1.54, 1.807) is 19.1 Å². The standard InChI is InChI=1S/C23H28N2O4/c1-17(29-21-10-8-20(26)9-11-21)23(28)24-19-13-15-25(16-14-19)22(27)12-7-18-5-3-2-4-6-18/h2-6,8-11,17,19,26H,7,12-16H2,1H3,(H,24,28). The Balaban J connectivity index is 1.39. The fraction of sp³-hybridized carbons (Fsp3) is 0.391. The van der Waals surface area contributed by atoms with Gasteiger partial charge < -0.3 is 20.1 Å². The first-order valence-corrected chi connectivity index (χ1v) is 10.1. The molecule has 154 valence electrons. The first kappa shape index (κ1) is 20.7. The summed E-state index contributed by atoms with van der Waals surface area (Å²) in [6, 6.07) is 16.4. The van der Waals surface area contributed by atoms with Crippen LogP contribution in [0.25, 0.3) is 0 Å². The highest BCUT2D eigenvalue weighted by Gasteiger charge is 2.25. The first-order valence-electron chi connectivity index (χ1n) is 10.1. The molecule has 6 nitrogen and oxygen atoms in total. The third-order valence-corrected chi connectivity index (χ3v) is 5.18. The molecular formula is C23H28N2O4. The van der Waals surface area contributed by atoms with Crippen molar-refractivity contribution in [3.8, 4) is 11.5 Å². The largest absolute Gasteiger partial charge is 0.508 e. The molecule has 1 saturated heterocycles. The molecule has 6 heteroatoms. The van der Waals surface area contributed by atoms with Crippen LogP contribution in [0.5, 0.6) is 11.5 Å².